The molecule has 1 amide bonds. The Kier molecular flexibility index (Phi) is 8.04. The Balaban J connectivity index is 1.74. The van der Waals surface area contributed by atoms with Gasteiger partial charge in [-0.15, -0.1) is 11.8 Å². The summed E-state index contributed by atoms with van der Waals surface area (Å²) in [4.78, 5) is 16.6. The van der Waals surface area contributed by atoms with Crippen molar-refractivity contribution in [3.8, 4) is 0 Å². The van der Waals surface area contributed by atoms with E-state index in [9.17, 15) is 4.79 Å². The van der Waals surface area contributed by atoms with E-state index in [1.54, 1.807) is 18.0 Å². The quantitative estimate of drug-likeness (QED) is 0.544. The predicted molar refractivity (Wildman–Crippen MR) is 100 cm³/mol. The number of nitrogens with one attached hydrogen (secondary N) is 1. The number of nitrogens with zero attached hydrogens (tertiary/aromatic N) is 1. The molecule has 0 fully saturated rings. The molecule has 0 atom stereocenters. The average Bonchev–Trinajstić information content (AvgIpc) is 2.60. The Labute approximate surface area is 146 Å². The lowest BCUT2D eigenvalue weighted by Crippen LogP contribution is -2.26. The zero-order valence-corrected chi connectivity index (χ0v) is 15.0. The number of hydrogen-bond donors (Lipinski definition) is 1. The van der Waals surface area contributed by atoms with Crippen molar-refractivity contribution in [2.75, 3.05) is 18.1 Å². The van der Waals surface area contributed by atoms with E-state index in [1.165, 1.54) is 5.56 Å². The fraction of sp³-hybridized carbons (Fsp3) is 0.333. The number of aromatic nitrogens is 1. The highest BCUT2D eigenvalue weighted by Gasteiger charge is 2.11. The van der Waals surface area contributed by atoms with Crippen molar-refractivity contribution in [1.29, 1.82) is 0 Å². The fourth-order valence-electron chi connectivity index (χ4n) is 1.97. The van der Waals surface area contributed by atoms with E-state index in [2.05, 4.69) is 41.5 Å². The summed E-state index contributed by atoms with van der Waals surface area (Å²) >= 11 is 3.47. The molecule has 0 spiro atoms. The molecule has 23 heavy (non-hydrogen) atoms. The van der Waals surface area contributed by atoms with Crippen molar-refractivity contribution in [2.24, 2.45) is 0 Å². The van der Waals surface area contributed by atoms with Gasteiger partial charge in [0.15, 0.2) is 0 Å². The van der Waals surface area contributed by atoms with Gasteiger partial charge in [-0.1, -0.05) is 37.3 Å². The largest absolute Gasteiger partial charge is 0.351 e. The summed E-state index contributed by atoms with van der Waals surface area (Å²) in [7, 11) is 0. The Morgan fingerprint density at radius 3 is 2.74 bits per heavy atom. The van der Waals surface area contributed by atoms with Crippen LogP contribution in [0.4, 0.5) is 0 Å². The lowest BCUT2D eigenvalue weighted by Gasteiger charge is -2.08. The molecule has 0 saturated heterocycles. The smallest absolute Gasteiger partial charge is 0.254 e. The van der Waals surface area contributed by atoms with Gasteiger partial charge < -0.3 is 5.32 Å². The van der Waals surface area contributed by atoms with Crippen LogP contribution in [-0.4, -0.2) is 28.9 Å². The minimum Gasteiger partial charge on any atom is -0.351 e. The summed E-state index contributed by atoms with van der Waals surface area (Å²) in [6.07, 6.45) is 2.81. The van der Waals surface area contributed by atoms with Crippen LogP contribution in [0.1, 0.15) is 29.3 Å². The standard InChI is InChI=1S/C18H22N2OS2/c1-2-12-23-18-16(9-6-10-20-18)17(21)19-11-13-22-14-15-7-4-3-5-8-15/h3-10H,2,11-14H2,1H3,(H,19,21). The third-order valence-corrected chi connectivity index (χ3v) is 5.34. The molecule has 5 heteroatoms. The van der Waals surface area contributed by atoms with Crippen LogP contribution in [0.2, 0.25) is 0 Å². The van der Waals surface area contributed by atoms with Gasteiger partial charge in [-0.05, 0) is 29.9 Å². The SMILES string of the molecule is CCCSc1ncccc1C(=O)NCCSCc1ccccc1. The highest BCUT2D eigenvalue weighted by molar-refractivity contribution is 7.99. The maximum Gasteiger partial charge on any atom is 0.254 e. The van der Waals surface area contributed by atoms with E-state index in [1.807, 2.05) is 30.0 Å². The molecule has 0 aliphatic carbocycles. The topological polar surface area (TPSA) is 42.0 Å². The van der Waals surface area contributed by atoms with Gasteiger partial charge in [0.2, 0.25) is 0 Å². The Morgan fingerprint density at radius 2 is 1.96 bits per heavy atom. The van der Waals surface area contributed by atoms with Crippen LogP contribution in [0.15, 0.2) is 53.7 Å². The van der Waals surface area contributed by atoms with Crippen LogP contribution in [-0.2, 0) is 5.75 Å². The molecule has 1 heterocycles. The summed E-state index contributed by atoms with van der Waals surface area (Å²) in [6.45, 7) is 2.79. The summed E-state index contributed by atoms with van der Waals surface area (Å²) in [5.41, 5.74) is 1.99. The maximum atomic E-state index is 12.3. The van der Waals surface area contributed by atoms with Crippen LogP contribution in [0.5, 0.6) is 0 Å². The normalized spacial score (nSPS) is 10.5. The first-order valence-corrected chi connectivity index (χ1v) is 9.93. The van der Waals surface area contributed by atoms with Crippen molar-refractivity contribution in [3.05, 3.63) is 59.8 Å². The number of amides is 1. The Morgan fingerprint density at radius 1 is 1.13 bits per heavy atom. The molecular formula is C18H22N2OS2. The van der Waals surface area contributed by atoms with Crippen molar-refractivity contribution >= 4 is 29.4 Å². The first-order chi connectivity index (χ1) is 11.3. The van der Waals surface area contributed by atoms with Crippen LogP contribution in [0.25, 0.3) is 0 Å². The second-order valence-corrected chi connectivity index (χ2v) is 7.19. The first-order valence-electron chi connectivity index (χ1n) is 7.79. The second-order valence-electron chi connectivity index (χ2n) is 5.00. The zero-order chi connectivity index (χ0) is 16.3. The average molecular weight is 347 g/mol. The molecule has 2 aromatic rings. The second kappa shape index (κ2) is 10.3. The number of benzene rings is 1. The lowest BCUT2D eigenvalue weighted by molar-refractivity contribution is 0.0952. The van der Waals surface area contributed by atoms with Crippen LogP contribution in [0, 0.1) is 0 Å². The molecular weight excluding hydrogens is 324 g/mol. The molecule has 0 unspecified atom stereocenters. The molecule has 1 N–H and O–H groups in total. The molecule has 122 valence electrons. The van der Waals surface area contributed by atoms with E-state index in [-0.39, 0.29) is 5.91 Å². The van der Waals surface area contributed by atoms with Gasteiger partial charge in [-0.25, -0.2) is 4.98 Å². The Hall–Kier alpha value is -1.46. The minimum absolute atomic E-state index is 0.0305. The van der Waals surface area contributed by atoms with Gasteiger partial charge in [-0.2, -0.15) is 11.8 Å². The summed E-state index contributed by atoms with van der Waals surface area (Å²) in [5, 5.41) is 3.81. The van der Waals surface area contributed by atoms with Gasteiger partial charge in [-0.3, -0.25) is 4.79 Å². The van der Waals surface area contributed by atoms with Gasteiger partial charge >= 0.3 is 0 Å². The minimum atomic E-state index is -0.0305. The van der Waals surface area contributed by atoms with Gasteiger partial charge in [0.05, 0.1) is 5.56 Å². The monoisotopic (exact) mass is 346 g/mol. The van der Waals surface area contributed by atoms with Crippen molar-refractivity contribution in [3.63, 3.8) is 0 Å². The van der Waals surface area contributed by atoms with E-state index in [0.29, 0.717) is 12.1 Å². The molecule has 2 rings (SSSR count). The molecule has 0 saturated carbocycles. The summed E-state index contributed by atoms with van der Waals surface area (Å²) in [5.74, 6) is 2.82. The van der Waals surface area contributed by atoms with Crippen molar-refractivity contribution < 1.29 is 4.79 Å². The van der Waals surface area contributed by atoms with Crippen molar-refractivity contribution in [1.82, 2.24) is 10.3 Å². The third kappa shape index (κ3) is 6.28. The fourth-order valence-corrected chi connectivity index (χ4v) is 3.64. The van der Waals surface area contributed by atoms with E-state index in [4.69, 9.17) is 0 Å². The number of rotatable bonds is 9. The molecule has 1 aromatic heterocycles. The lowest BCUT2D eigenvalue weighted by atomic mass is 10.2. The molecule has 3 nitrogen and oxygen atoms in total. The highest BCUT2D eigenvalue weighted by Crippen LogP contribution is 2.20. The first kappa shape index (κ1) is 17.9. The van der Waals surface area contributed by atoms with Gasteiger partial charge in [0, 0.05) is 24.2 Å². The van der Waals surface area contributed by atoms with Crippen LogP contribution < -0.4 is 5.32 Å². The predicted octanol–water partition coefficient (Wildman–Crippen LogP) is 4.25. The molecule has 0 radical (unpaired) electrons. The summed E-state index contributed by atoms with van der Waals surface area (Å²) < 4.78 is 0. The molecule has 0 bridgehead atoms. The molecule has 1 aromatic carbocycles. The van der Waals surface area contributed by atoms with E-state index in [0.717, 1.165) is 28.7 Å². The number of thioether (sulfide) groups is 2. The van der Waals surface area contributed by atoms with E-state index < -0.39 is 0 Å². The summed E-state index contributed by atoms with van der Waals surface area (Å²) in [6, 6.07) is 14.0. The number of carbonyl (C=O) groups is 1. The number of hydrogen-bond acceptors (Lipinski definition) is 4. The number of pyridine rings is 1. The van der Waals surface area contributed by atoms with Crippen LogP contribution >= 0.6 is 23.5 Å². The third-order valence-electron chi connectivity index (χ3n) is 3.10. The van der Waals surface area contributed by atoms with Crippen LogP contribution in [0.3, 0.4) is 0 Å². The van der Waals surface area contributed by atoms with Crippen molar-refractivity contribution in [2.45, 2.75) is 24.1 Å². The number of carbonyl (C=O) groups excluding carboxylic acids is 1. The molecule has 0 aliphatic rings. The van der Waals surface area contributed by atoms with E-state index >= 15 is 0 Å². The Bertz CT molecular complexity index is 605. The zero-order valence-electron chi connectivity index (χ0n) is 13.3. The van der Waals surface area contributed by atoms with Gasteiger partial charge in [0.1, 0.15) is 5.03 Å². The molecule has 0 aliphatic heterocycles. The highest BCUT2D eigenvalue weighted by atomic mass is 32.2. The van der Waals surface area contributed by atoms with Gasteiger partial charge in [0.25, 0.3) is 5.91 Å². The maximum absolute atomic E-state index is 12.3.